The molecule has 0 aliphatic heterocycles. The van der Waals surface area contributed by atoms with Crippen molar-refractivity contribution in [2.45, 2.75) is 18.4 Å². The van der Waals surface area contributed by atoms with Crippen LogP contribution in [0, 0.1) is 18.8 Å². The monoisotopic (exact) mass is 320 g/mol. The quantitative estimate of drug-likeness (QED) is 0.845. The molecule has 0 spiro atoms. The Kier molecular flexibility index (Phi) is 5.15. The lowest BCUT2D eigenvalue weighted by atomic mass is 10.1. The van der Waals surface area contributed by atoms with Gasteiger partial charge in [0.05, 0.1) is 11.4 Å². The van der Waals surface area contributed by atoms with Crippen molar-refractivity contribution in [3.8, 4) is 11.8 Å². The van der Waals surface area contributed by atoms with E-state index in [1.54, 1.807) is 18.2 Å². The van der Waals surface area contributed by atoms with Crippen LogP contribution in [0.4, 0.5) is 0 Å². The highest BCUT2D eigenvalue weighted by atomic mass is 32.2. The molecule has 0 amide bonds. The van der Waals surface area contributed by atoms with E-state index in [0.29, 0.717) is 5.56 Å². The summed E-state index contributed by atoms with van der Waals surface area (Å²) in [5.41, 5.74) is 6.78. The molecule has 0 saturated carbocycles. The third-order valence-electron chi connectivity index (χ3n) is 2.77. The number of thiophene rings is 1. The van der Waals surface area contributed by atoms with Crippen molar-refractivity contribution >= 4 is 21.4 Å². The maximum absolute atomic E-state index is 12.4. The third-order valence-corrected chi connectivity index (χ3v) is 5.10. The molecule has 4 nitrogen and oxygen atoms in total. The van der Waals surface area contributed by atoms with Crippen molar-refractivity contribution in [2.75, 3.05) is 6.54 Å². The number of sulfonamides is 1. The Morgan fingerprint density at radius 2 is 2.14 bits per heavy atom. The molecule has 0 unspecified atom stereocenters. The van der Waals surface area contributed by atoms with E-state index in [9.17, 15) is 8.42 Å². The number of benzene rings is 1. The summed E-state index contributed by atoms with van der Waals surface area (Å²) >= 11 is 1.51. The van der Waals surface area contributed by atoms with E-state index < -0.39 is 10.0 Å². The first-order valence-corrected chi connectivity index (χ1v) is 8.71. The van der Waals surface area contributed by atoms with Crippen LogP contribution in [0.3, 0.4) is 0 Å². The molecule has 3 N–H and O–H groups in total. The molecule has 0 saturated heterocycles. The fourth-order valence-corrected chi connectivity index (χ4v) is 3.66. The molecule has 110 valence electrons. The number of hydrogen-bond donors (Lipinski definition) is 2. The van der Waals surface area contributed by atoms with Crippen molar-refractivity contribution in [1.82, 2.24) is 4.72 Å². The zero-order chi connectivity index (χ0) is 15.3. The summed E-state index contributed by atoms with van der Waals surface area (Å²) in [6, 6.07) is 8.86. The summed E-state index contributed by atoms with van der Waals surface area (Å²) in [5.74, 6) is 5.52. The van der Waals surface area contributed by atoms with Crippen molar-refractivity contribution < 1.29 is 8.42 Å². The van der Waals surface area contributed by atoms with Crippen LogP contribution in [0.2, 0.25) is 0 Å². The van der Waals surface area contributed by atoms with Crippen LogP contribution >= 0.6 is 11.3 Å². The van der Waals surface area contributed by atoms with E-state index in [2.05, 4.69) is 16.6 Å². The van der Waals surface area contributed by atoms with Gasteiger partial charge in [0.15, 0.2) is 0 Å². The number of rotatable bonds is 4. The van der Waals surface area contributed by atoms with Gasteiger partial charge in [0.25, 0.3) is 0 Å². The smallest absolute Gasteiger partial charge is 0.242 e. The van der Waals surface area contributed by atoms with Gasteiger partial charge in [-0.15, -0.1) is 11.3 Å². The van der Waals surface area contributed by atoms with Crippen molar-refractivity contribution in [3.05, 3.63) is 51.7 Å². The Hall–Kier alpha value is -1.65. The Labute approximate surface area is 129 Å². The average molecular weight is 320 g/mol. The average Bonchev–Trinajstić information content (AvgIpc) is 2.96. The van der Waals surface area contributed by atoms with Crippen LogP contribution in [0.25, 0.3) is 0 Å². The van der Waals surface area contributed by atoms with Gasteiger partial charge < -0.3 is 5.73 Å². The van der Waals surface area contributed by atoms with Crippen molar-refractivity contribution in [2.24, 2.45) is 5.73 Å². The largest absolute Gasteiger partial charge is 0.320 e. The van der Waals surface area contributed by atoms with Crippen LogP contribution < -0.4 is 10.5 Å². The maximum atomic E-state index is 12.4. The minimum atomic E-state index is -3.60. The molecule has 2 rings (SSSR count). The minimum absolute atomic E-state index is 0.186. The lowest BCUT2D eigenvalue weighted by Gasteiger charge is -2.08. The highest BCUT2D eigenvalue weighted by Gasteiger charge is 2.17. The van der Waals surface area contributed by atoms with Gasteiger partial charge in [-0.25, -0.2) is 13.1 Å². The van der Waals surface area contributed by atoms with Gasteiger partial charge in [-0.3, -0.25) is 0 Å². The molecule has 1 heterocycles. The zero-order valence-electron chi connectivity index (χ0n) is 11.6. The lowest BCUT2D eigenvalue weighted by molar-refractivity contribution is 0.581. The summed E-state index contributed by atoms with van der Waals surface area (Å²) in [5, 5.41) is 1.91. The molecule has 0 bridgehead atoms. The molecule has 0 aliphatic rings. The Morgan fingerprint density at radius 1 is 1.33 bits per heavy atom. The SMILES string of the molecule is Cc1ccc(S(=O)(=O)NCc2cccs2)c(C#CCN)c1. The predicted molar refractivity (Wildman–Crippen MR) is 85.5 cm³/mol. The van der Waals surface area contributed by atoms with Gasteiger partial charge in [-0.2, -0.15) is 0 Å². The molecule has 1 aromatic heterocycles. The van der Waals surface area contributed by atoms with Crippen LogP contribution in [0.15, 0.2) is 40.6 Å². The van der Waals surface area contributed by atoms with Gasteiger partial charge in [0.2, 0.25) is 10.0 Å². The number of hydrogen-bond acceptors (Lipinski definition) is 4. The Balaban J connectivity index is 2.30. The van der Waals surface area contributed by atoms with Crippen LogP contribution in [0.5, 0.6) is 0 Å². The highest BCUT2D eigenvalue weighted by Crippen LogP contribution is 2.17. The Bertz CT molecular complexity index is 770. The topological polar surface area (TPSA) is 72.2 Å². The number of nitrogens with two attached hydrogens (primary N) is 1. The van der Waals surface area contributed by atoms with Gasteiger partial charge in [0, 0.05) is 17.0 Å². The van der Waals surface area contributed by atoms with Gasteiger partial charge in [-0.05, 0) is 36.1 Å². The first-order chi connectivity index (χ1) is 10.0. The second kappa shape index (κ2) is 6.87. The second-order valence-electron chi connectivity index (χ2n) is 4.41. The van der Waals surface area contributed by atoms with Crippen LogP contribution in [-0.2, 0) is 16.6 Å². The molecule has 6 heteroatoms. The highest BCUT2D eigenvalue weighted by molar-refractivity contribution is 7.89. The normalized spacial score (nSPS) is 11.0. The summed E-state index contributed by atoms with van der Waals surface area (Å²) in [6.07, 6.45) is 0. The van der Waals surface area contributed by atoms with Gasteiger partial charge >= 0.3 is 0 Å². The summed E-state index contributed by atoms with van der Waals surface area (Å²) in [4.78, 5) is 1.14. The molecule has 0 aliphatic carbocycles. The summed E-state index contributed by atoms with van der Waals surface area (Å²) < 4.78 is 27.4. The van der Waals surface area contributed by atoms with E-state index in [4.69, 9.17) is 5.73 Å². The maximum Gasteiger partial charge on any atom is 0.242 e. The Morgan fingerprint density at radius 3 is 2.81 bits per heavy atom. The van der Waals surface area contributed by atoms with E-state index in [1.165, 1.54) is 11.3 Å². The number of aryl methyl sites for hydroxylation is 1. The van der Waals surface area contributed by atoms with Crippen LogP contribution in [-0.4, -0.2) is 15.0 Å². The van der Waals surface area contributed by atoms with E-state index >= 15 is 0 Å². The van der Waals surface area contributed by atoms with E-state index in [-0.39, 0.29) is 18.0 Å². The third kappa shape index (κ3) is 4.16. The van der Waals surface area contributed by atoms with E-state index in [1.807, 2.05) is 24.4 Å². The molecular formula is C15H16N2O2S2. The summed E-state index contributed by atoms with van der Waals surface area (Å²) in [6.45, 7) is 2.36. The molecular weight excluding hydrogens is 304 g/mol. The zero-order valence-corrected chi connectivity index (χ0v) is 13.2. The second-order valence-corrected chi connectivity index (χ2v) is 7.18. The van der Waals surface area contributed by atoms with Crippen molar-refractivity contribution in [1.29, 1.82) is 0 Å². The van der Waals surface area contributed by atoms with Gasteiger partial charge in [0.1, 0.15) is 0 Å². The molecule has 0 radical (unpaired) electrons. The molecule has 1 aromatic carbocycles. The molecule has 0 fully saturated rings. The fourth-order valence-electron chi connectivity index (χ4n) is 1.78. The van der Waals surface area contributed by atoms with E-state index in [0.717, 1.165) is 10.4 Å². The van der Waals surface area contributed by atoms with Crippen LogP contribution in [0.1, 0.15) is 16.0 Å². The first kappa shape index (κ1) is 15.7. The lowest BCUT2D eigenvalue weighted by Crippen LogP contribution is -2.23. The molecule has 2 aromatic rings. The standard InChI is InChI=1S/C15H16N2O2S2/c1-12-6-7-15(13(10-12)4-2-8-16)21(18,19)17-11-14-5-3-9-20-14/h3,5-7,9-10,17H,8,11,16H2,1H3. The minimum Gasteiger partial charge on any atom is -0.320 e. The number of nitrogens with one attached hydrogen (secondary N) is 1. The van der Waals surface area contributed by atoms with Crippen molar-refractivity contribution in [3.63, 3.8) is 0 Å². The summed E-state index contributed by atoms with van der Waals surface area (Å²) in [7, 11) is -3.60. The fraction of sp³-hybridized carbons (Fsp3) is 0.200. The van der Waals surface area contributed by atoms with Gasteiger partial charge in [-0.1, -0.05) is 24.0 Å². The molecule has 21 heavy (non-hydrogen) atoms. The predicted octanol–water partition coefficient (Wildman–Crippen LogP) is 1.85. The first-order valence-electron chi connectivity index (χ1n) is 6.34. The molecule has 0 atom stereocenters.